The average Bonchev–Trinajstić information content (AvgIpc) is 2.83. The van der Waals surface area contributed by atoms with Gasteiger partial charge in [0.05, 0.1) is 0 Å². The van der Waals surface area contributed by atoms with E-state index in [1.54, 1.807) is 0 Å². The number of nitrogens with two attached hydrogens (primary N) is 1. The van der Waals surface area contributed by atoms with Gasteiger partial charge in [0.2, 0.25) is 0 Å². The van der Waals surface area contributed by atoms with E-state index in [1.807, 2.05) is 0 Å². The Bertz CT molecular complexity index is 152. The van der Waals surface area contributed by atoms with E-state index in [0.717, 1.165) is 38.6 Å². The van der Waals surface area contributed by atoms with Crippen molar-refractivity contribution in [1.29, 1.82) is 0 Å². The molecule has 1 aliphatic carbocycles. The minimum Gasteiger partial charge on any atom is -0.330 e. The van der Waals surface area contributed by atoms with Crippen LogP contribution in [0.1, 0.15) is 39.0 Å². The Morgan fingerprint density at radius 1 is 1.50 bits per heavy atom. The first-order valence-electron chi connectivity index (χ1n) is 4.96. The van der Waals surface area contributed by atoms with Gasteiger partial charge < -0.3 is 5.73 Å². The van der Waals surface area contributed by atoms with Crippen molar-refractivity contribution in [2.75, 3.05) is 6.54 Å². The zero-order valence-corrected chi connectivity index (χ0v) is 7.88. The van der Waals surface area contributed by atoms with Crippen LogP contribution in [-0.2, 0) is 4.79 Å². The molecule has 2 heteroatoms. The minimum absolute atomic E-state index is 0.440. The van der Waals surface area contributed by atoms with E-state index in [1.165, 1.54) is 0 Å². The third kappa shape index (κ3) is 3.35. The highest BCUT2D eigenvalue weighted by Gasteiger charge is 2.28. The quantitative estimate of drug-likeness (QED) is 0.658. The topological polar surface area (TPSA) is 43.1 Å². The molecule has 0 heterocycles. The summed E-state index contributed by atoms with van der Waals surface area (Å²) in [5.41, 5.74) is 5.42. The molecule has 0 saturated heterocycles. The van der Waals surface area contributed by atoms with Crippen LogP contribution in [0, 0.1) is 11.8 Å². The van der Waals surface area contributed by atoms with Gasteiger partial charge in [0.15, 0.2) is 0 Å². The Labute approximate surface area is 74.5 Å². The maximum Gasteiger partial charge on any atom is 0.135 e. The molecular formula is C10H19NO. The van der Waals surface area contributed by atoms with Crippen molar-refractivity contribution in [1.82, 2.24) is 0 Å². The van der Waals surface area contributed by atoms with E-state index >= 15 is 0 Å². The maximum atomic E-state index is 11.3. The average molecular weight is 169 g/mol. The van der Waals surface area contributed by atoms with Gasteiger partial charge in [-0.3, -0.25) is 4.79 Å². The molecule has 2 N–H and O–H groups in total. The Hall–Kier alpha value is -0.370. The van der Waals surface area contributed by atoms with Gasteiger partial charge in [-0.15, -0.1) is 0 Å². The van der Waals surface area contributed by atoms with E-state index in [4.69, 9.17) is 5.73 Å². The number of hydrogen-bond donors (Lipinski definition) is 1. The van der Waals surface area contributed by atoms with E-state index in [0.29, 0.717) is 17.6 Å². The number of rotatable bonds is 6. The second kappa shape index (κ2) is 4.61. The first-order chi connectivity index (χ1) is 5.74. The van der Waals surface area contributed by atoms with Crippen molar-refractivity contribution >= 4 is 5.78 Å². The van der Waals surface area contributed by atoms with Crippen LogP contribution in [-0.4, -0.2) is 12.3 Å². The number of hydrogen-bond acceptors (Lipinski definition) is 2. The summed E-state index contributed by atoms with van der Waals surface area (Å²) in [6.07, 6.45) is 5.16. The van der Waals surface area contributed by atoms with Gasteiger partial charge in [0.25, 0.3) is 0 Å². The van der Waals surface area contributed by atoms with Crippen LogP contribution >= 0.6 is 0 Å². The lowest BCUT2D eigenvalue weighted by atomic mass is 9.99. The summed E-state index contributed by atoms with van der Waals surface area (Å²) >= 11 is 0. The minimum atomic E-state index is 0.440. The monoisotopic (exact) mass is 169 g/mol. The molecule has 0 spiro atoms. The lowest BCUT2D eigenvalue weighted by Gasteiger charge is -2.07. The van der Waals surface area contributed by atoms with Crippen LogP contribution in [0.4, 0.5) is 0 Å². The number of Topliss-reactive ketones (excluding diaryl/α,β-unsaturated/α-hetero) is 1. The van der Waals surface area contributed by atoms with Crippen LogP contribution < -0.4 is 5.73 Å². The van der Waals surface area contributed by atoms with Crippen molar-refractivity contribution < 1.29 is 4.79 Å². The fraction of sp³-hybridized carbons (Fsp3) is 0.900. The SMILES string of the molecule is CC(CCN)CCC(=O)C1CC1. The molecule has 1 fully saturated rings. The van der Waals surface area contributed by atoms with E-state index in [2.05, 4.69) is 6.92 Å². The number of ketones is 1. The Kier molecular flexibility index (Phi) is 3.73. The van der Waals surface area contributed by atoms with Crippen molar-refractivity contribution in [2.45, 2.75) is 39.0 Å². The molecule has 0 aromatic carbocycles. The molecule has 1 aliphatic rings. The highest BCUT2D eigenvalue weighted by atomic mass is 16.1. The lowest BCUT2D eigenvalue weighted by molar-refractivity contribution is -0.120. The standard InChI is InChI=1S/C10H19NO/c1-8(6-7-11)2-5-10(12)9-3-4-9/h8-9H,2-7,11H2,1H3. The van der Waals surface area contributed by atoms with Crippen LogP contribution in [0.15, 0.2) is 0 Å². The first kappa shape index (κ1) is 9.72. The summed E-state index contributed by atoms with van der Waals surface area (Å²) < 4.78 is 0. The highest BCUT2D eigenvalue weighted by Crippen LogP contribution is 2.31. The van der Waals surface area contributed by atoms with Gasteiger partial charge in [0, 0.05) is 12.3 Å². The van der Waals surface area contributed by atoms with Gasteiger partial charge >= 0.3 is 0 Å². The second-order valence-corrected chi connectivity index (χ2v) is 3.96. The number of carbonyl (C=O) groups excluding carboxylic acids is 1. The molecule has 2 nitrogen and oxygen atoms in total. The third-order valence-electron chi connectivity index (χ3n) is 2.58. The van der Waals surface area contributed by atoms with E-state index < -0.39 is 0 Å². The Balaban J connectivity index is 2.03. The van der Waals surface area contributed by atoms with E-state index in [-0.39, 0.29) is 0 Å². The van der Waals surface area contributed by atoms with Gasteiger partial charge in [-0.05, 0) is 38.1 Å². The van der Waals surface area contributed by atoms with Crippen LogP contribution in [0.3, 0.4) is 0 Å². The molecular weight excluding hydrogens is 150 g/mol. The molecule has 12 heavy (non-hydrogen) atoms. The lowest BCUT2D eigenvalue weighted by Crippen LogP contribution is -2.08. The summed E-state index contributed by atoms with van der Waals surface area (Å²) in [4.78, 5) is 11.3. The Morgan fingerprint density at radius 3 is 2.67 bits per heavy atom. The van der Waals surface area contributed by atoms with Crippen molar-refractivity contribution in [2.24, 2.45) is 17.6 Å². The first-order valence-corrected chi connectivity index (χ1v) is 4.96. The predicted molar refractivity (Wildman–Crippen MR) is 49.8 cm³/mol. The van der Waals surface area contributed by atoms with Crippen LogP contribution in [0.25, 0.3) is 0 Å². The van der Waals surface area contributed by atoms with Crippen LogP contribution in [0.5, 0.6) is 0 Å². The molecule has 1 unspecified atom stereocenters. The zero-order chi connectivity index (χ0) is 8.97. The normalized spacial score (nSPS) is 19.2. The third-order valence-corrected chi connectivity index (χ3v) is 2.58. The Morgan fingerprint density at radius 2 is 2.17 bits per heavy atom. The molecule has 1 atom stereocenters. The van der Waals surface area contributed by atoms with Gasteiger partial charge in [-0.25, -0.2) is 0 Å². The largest absolute Gasteiger partial charge is 0.330 e. The summed E-state index contributed by atoms with van der Waals surface area (Å²) in [5.74, 6) is 1.55. The van der Waals surface area contributed by atoms with Crippen LogP contribution in [0.2, 0.25) is 0 Å². The predicted octanol–water partition coefficient (Wildman–Crippen LogP) is 1.73. The highest BCUT2D eigenvalue weighted by molar-refractivity contribution is 5.83. The molecule has 0 aromatic heterocycles. The summed E-state index contributed by atoms with van der Waals surface area (Å²) in [5, 5.41) is 0. The summed E-state index contributed by atoms with van der Waals surface area (Å²) in [6.45, 7) is 2.92. The number of carbonyl (C=O) groups is 1. The van der Waals surface area contributed by atoms with Gasteiger partial charge in [-0.2, -0.15) is 0 Å². The molecule has 0 radical (unpaired) electrons. The molecule has 0 aromatic rings. The van der Waals surface area contributed by atoms with Gasteiger partial charge in [0.1, 0.15) is 5.78 Å². The van der Waals surface area contributed by atoms with Gasteiger partial charge in [-0.1, -0.05) is 6.92 Å². The molecule has 1 rings (SSSR count). The molecule has 0 amide bonds. The smallest absolute Gasteiger partial charge is 0.135 e. The second-order valence-electron chi connectivity index (χ2n) is 3.96. The van der Waals surface area contributed by atoms with Crippen molar-refractivity contribution in [3.05, 3.63) is 0 Å². The fourth-order valence-electron chi connectivity index (χ4n) is 1.43. The molecule has 0 bridgehead atoms. The zero-order valence-electron chi connectivity index (χ0n) is 7.88. The summed E-state index contributed by atoms with van der Waals surface area (Å²) in [7, 11) is 0. The maximum absolute atomic E-state index is 11.3. The molecule has 70 valence electrons. The van der Waals surface area contributed by atoms with E-state index in [9.17, 15) is 4.79 Å². The fourth-order valence-corrected chi connectivity index (χ4v) is 1.43. The molecule has 0 aliphatic heterocycles. The van der Waals surface area contributed by atoms with Crippen molar-refractivity contribution in [3.63, 3.8) is 0 Å². The van der Waals surface area contributed by atoms with Crippen molar-refractivity contribution in [3.8, 4) is 0 Å². The molecule has 1 saturated carbocycles. The summed E-state index contributed by atoms with van der Waals surface area (Å²) in [6, 6.07) is 0.